The van der Waals surface area contributed by atoms with Crippen molar-refractivity contribution in [1.82, 2.24) is 9.55 Å². The van der Waals surface area contributed by atoms with Gasteiger partial charge in [0.1, 0.15) is 0 Å². The van der Waals surface area contributed by atoms with E-state index in [0.29, 0.717) is 17.0 Å². The predicted octanol–water partition coefficient (Wildman–Crippen LogP) is 2.40. The second kappa shape index (κ2) is 6.75. The first-order chi connectivity index (χ1) is 12.4. The molecule has 0 saturated carbocycles. The Morgan fingerprint density at radius 3 is 2.23 bits per heavy atom. The van der Waals surface area contributed by atoms with Gasteiger partial charge in [-0.25, -0.2) is 13.4 Å². The van der Waals surface area contributed by atoms with E-state index >= 15 is 0 Å². The highest BCUT2D eigenvalue weighted by molar-refractivity contribution is 7.92. The van der Waals surface area contributed by atoms with E-state index in [4.69, 9.17) is 14.2 Å². The molecule has 1 N–H and O–H groups in total. The summed E-state index contributed by atoms with van der Waals surface area (Å²) in [7, 11) is 2.31. The summed E-state index contributed by atoms with van der Waals surface area (Å²) in [5.74, 6) is 0.837. The molecular weight excluding hydrogens is 358 g/mol. The molecule has 8 nitrogen and oxygen atoms in total. The Kier molecular flexibility index (Phi) is 4.64. The minimum absolute atomic E-state index is 0.00637. The average Bonchev–Trinajstić information content (AvgIpc) is 3.00. The summed E-state index contributed by atoms with van der Waals surface area (Å²) in [6.45, 7) is 0. The lowest BCUT2D eigenvalue weighted by Crippen LogP contribution is -2.13. The molecule has 1 aromatic heterocycles. The quantitative estimate of drug-likeness (QED) is 0.709. The van der Waals surface area contributed by atoms with Gasteiger partial charge in [0.05, 0.1) is 49.3 Å². The van der Waals surface area contributed by atoms with Crippen molar-refractivity contribution >= 4 is 26.7 Å². The summed E-state index contributed by atoms with van der Waals surface area (Å²) < 4.78 is 45.6. The molecular formula is C17H19N3O5S. The Balaban J connectivity index is 2.01. The predicted molar refractivity (Wildman–Crippen MR) is 97.6 cm³/mol. The van der Waals surface area contributed by atoms with Crippen molar-refractivity contribution in [2.45, 2.75) is 4.90 Å². The van der Waals surface area contributed by atoms with E-state index in [1.165, 1.54) is 33.5 Å². The van der Waals surface area contributed by atoms with Crippen LogP contribution in [0.1, 0.15) is 0 Å². The number of fused-ring (bicyclic) bond motifs is 1. The van der Waals surface area contributed by atoms with Crippen molar-refractivity contribution in [2.24, 2.45) is 7.05 Å². The highest BCUT2D eigenvalue weighted by atomic mass is 32.2. The lowest BCUT2D eigenvalue weighted by molar-refractivity contribution is 0.323. The zero-order valence-electron chi connectivity index (χ0n) is 14.8. The minimum Gasteiger partial charge on any atom is -0.493 e. The molecule has 0 fully saturated rings. The third-order valence-electron chi connectivity index (χ3n) is 3.93. The van der Waals surface area contributed by atoms with Gasteiger partial charge in [-0.15, -0.1) is 0 Å². The Morgan fingerprint density at radius 2 is 1.65 bits per heavy atom. The highest BCUT2D eigenvalue weighted by Crippen LogP contribution is 2.39. The summed E-state index contributed by atoms with van der Waals surface area (Å²) in [5.41, 5.74) is 2.00. The summed E-state index contributed by atoms with van der Waals surface area (Å²) in [6, 6.07) is 7.91. The summed E-state index contributed by atoms with van der Waals surface area (Å²) >= 11 is 0. The van der Waals surface area contributed by atoms with Gasteiger partial charge in [0.2, 0.25) is 5.75 Å². The highest BCUT2D eigenvalue weighted by Gasteiger charge is 2.21. The first kappa shape index (κ1) is 17.9. The number of rotatable bonds is 6. The topological polar surface area (TPSA) is 91.7 Å². The number of benzene rings is 2. The van der Waals surface area contributed by atoms with Crippen LogP contribution in [-0.4, -0.2) is 39.3 Å². The van der Waals surface area contributed by atoms with Crippen LogP contribution in [0.5, 0.6) is 17.2 Å². The van der Waals surface area contributed by atoms with Crippen molar-refractivity contribution in [2.75, 3.05) is 26.1 Å². The fourth-order valence-electron chi connectivity index (χ4n) is 2.63. The number of aromatic nitrogens is 2. The Bertz CT molecular complexity index is 1030. The van der Waals surface area contributed by atoms with Crippen LogP contribution in [0.3, 0.4) is 0 Å². The van der Waals surface area contributed by atoms with Gasteiger partial charge in [0.15, 0.2) is 11.5 Å². The second-order valence-corrected chi connectivity index (χ2v) is 7.21. The van der Waals surface area contributed by atoms with E-state index in [0.717, 1.165) is 5.52 Å². The van der Waals surface area contributed by atoms with Gasteiger partial charge in [-0.05, 0) is 18.2 Å². The number of hydrogen-bond donors (Lipinski definition) is 1. The molecule has 0 atom stereocenters. The van der Waals surface area contributed by atoms with Crippen LogP contribution in [-0.2, 0) is 17.1 Å². The van der Waals surface area contributed by atoms with E-state index in [-0.39, 0.29) is 16.4 Å². The fourth-order valence-corrected chi connectivity index (χ4v) is 3.71. The molecule has 0 spiro atoms. The zero-order chi connectivity index (χ0) is 18.9. The number of imidazole rings is 1. The number of nitrogens with zero attached hydrogens (tertiary/aromatic N) is 2. The molecule has 2 aromatic carbocycles. The summed E-state index contributed by atoms with van der Waals surface area (Å²) in [6.07, 6.45) is 1.67. The second-order valence-electron chi connectivity index (χ2n) is 5.53. The molecule has 9 heteroatoms. The first-order valence-electron chi connectivity index (χ1n) is 7.63. The van der Waals surface area contributed by atoms with Gasteiger partial charge < -0.3 is 18.8 Å². The van der Waals surface area contributed by atoms with Crippen LogP contribution in [0, 0.1) is 0 Å². The standard InChI is InChI=1S/C17H19N3O5S/c1-20-10-18-13-7-11(5-6-14(13)20)19-26(21,22)12-8-15(23-2)17(25-4)16(9-12)24-3/h5-10,19H,1-4H3. The van der Waals surface area contributed by atoms with Crippen LogP contribution in [0.15, 0.2) is 41.6 Å². The number of methoxy groups -OCH3 is 3. The molecule has 0 aliphatic carbocycles. The summed E-state index contributed by atoms with van der Waals surface area (Å²) in [4.78, 5) is 4.22. The molecule has 0 aliphatic heterocycles. The van der Waals surface area contributed by atoms with Crippen LogP contribution in [0.25, 0.3) is 11.0 Å². The zero-order valence-corrected chi connectivity index (χ0v) is 15.6. The van der Waals surface area contributed by atoms with Gasteiger partial charge in [-0.1, -0.05) is 0 Å². The monoisotopic (exact) mass is 377 g/mol. The maximum atomic E-state index is 12.8. The van der Waals surface area contributed by atoms with Crippen LogP contribution in [0.4, 0.5) is 5.69 Å². The lowest BCUT2D eigenvalue weighted by atomic mass is 10.3. The average molecular weight is 377 g/mol. The Hall–Kier alpha value is -2.94. The van der Waals surface area contributed by atoms with Crippen LogP contribution in [0.2, 0.25) is 0 Å². The lowest BCUT2D eigenvalue weighted by Gasteiger charge is -2.15. The number of nitrogens with one attached hydrogen (secondary N) is 1. The first-order valence-corrected chi connectivity index (χ1v) is 9.12. The van der Waals surface area contributed by atoms with Gasteiger partial charge in [-0.2, -0.15) is 0 Å². The van der Waals surface area contributed by atoms with E-state index in [1.54, 1.807) is 24.5 Å². The number of hydrogen-bond acceptors (Lipinski definition) is 6. The molecule has 0 radical (unpaired) electrons. The molecule has 0 bridgehead atoms. The van der Waals surface area contributed by atoms with Gasteiger partial charge in [0.25, 0.3) is 10.0 Å². The van der Waals surface area contributed by atoms with Crippen molar-refractivity contribution in [1.29, 1.82) is 0 Å². The van der Waals surface area contributed by atoms with Crippen LogP contribution < -0.4 is 18.9 Å². The van der Waals surface area contributed by atoms with Gasteiger partial charge in [-0.3, -0.25) is 4.72 Å². The number of ether oxygens (including phenoxy) is 3. The Morgan fingerprint density at radius 1 is 1.00 bits per heavy atom. The largest absolute Gasteiger partial charge is 0.493 e. The van der Waals surface area contributed by atoms with E-state index < -0.39 is 10.0 Å². The van der Waals surface area contributed by atoms with Crippen molar-refractivity contribution in [3.8, 4) is 17.2 Å². The normalized spacial score (nSPS) is 11.4. The molecule has 0 unspecified atom stereocenters. The molecule has 3 rings (SSSR count). The molecule has 1 heterocycles. The molecule has 3 aromatic rings. The van der Waals surface area contributed by atoms with Crippen molar-refractivity contribution < 1.29 is 22.6 Å². The van der Waals surface area contributed by atoms with Crippen LogP contribution >= 0.6 is 0 Å². The molecule has 0 saturated heterocycles. The SMILES string of the molecule is COc1cc(S(=O)(=O)Nc2ccc3c(c2)ncn3C)cc(OC)c1OC. The minimum atomic E-state index is -3.87. The number of aryl methyl sites for hydroxylation is 1. The third-order valence-corrected chi connectivity index (χ3v) is 5.29. The Labute approximate surface area is 151 Å². The van der Waals surface area contributed by atoms with Crippen molar-refractivity contribution in [3.63, 3.8) is 0 Å². The molecule has 138 valence electrons. The maximum Gasteiger partial charge on any atom is 0.262 e. The van der Waals surface area contributed by atoms with Gasteiger partial charge >= 0.3 is 0 Å². The van der Waals surface area contributed by atoms with Gasteiger partial charge in [0, 0.05) is 19.2 Å². The van der Waals surface area contributed by atoms with E-state index in [9.17, 15) is 8.42 Å². The van der Waals surface area contributed by atoms with Crippen molar-refractivity contribution in [3.05, 3.63) is 36.7 Å². The smallest absolute Gasteiger partial charge is 0.262 e. The third kappa shape index (κ3) is 3.13. The molecule has 0 amide bonds. The number of anilines is 1. The fraction of sp³-hybridized carbons (Fsp3) is 0.235. The molecule has 26 heavy (non-hydrogen) atoms. The van der Waals surface area contributed by atoms with E-state index in [1.807, 2.05) is 11.6 Å². The maximum absolute atomic E-state index is 12.8. The van der Waals surface area contributed by atoms with E-state index in [2.05, 4.69) is 9.71 Å². The summed E-state index contributed by atoms with van der Waals surface area (Å²) in [5, 5.41) is 0. The number of sulfonamides is 1. The molecule has 0 aliphatic rings.